The van der Waals surface area contributed by atoms with Crippen LogP contribution >= 0.6 is 7.37 Å². The van der Waals surface area contributed by atoms with Gasteiger partial charge in [0.2, 0.25) is 7.37 Å². The van der Waals surface area contributed by atoms with Crippen LogP contribution in [0.1, 0.15) is 27.2 Å². The molecule has 0 saturated carbocycles. The van der Waals surface area contributed by atoms with E-state index in [-0.39, 0.29) is 12.3 Å². The average Bonchev–Trinajstić information content (AvgIpc) is 1.83. The van der Waals surface area contributed by atoms with E-state index in [1.807, 2.05) is 6.92 Å². The maximum Gasteiger partial charge on any atom is 0.203 e. The predicted octanol–water partition coefficient (Wildman–Crippen LogP) is 0.765. The Kier molecular flexibility index (Phi) is 4.60. The van der Waals surface area contributed by atoms with E-state index < -0.39 is 19.0 Å². The van der Waals surface area contributed by atoms with Crippen LogP contribution in [-0.2, 0) is 4.57 Å². The van der Waals surface area contributed by atoms with Crippen molar-refractivity contribution in [1.29, 1.82) is 0 Å². The minimum atomic E-state index is -3.20. The van der Waals surface area contributed by atoms with Gasteiger partial charge < -0.3 is 15.7 Å². The molecule has 3 unspecified atom stereocenters. The summed E-state index contributed by atoms with van der Waals surface area (Å²) < 4.78 is 11.5. The fourth-order valence-corrected chi connectivity index (χ4v) is 3.22. The SMILES string of the molecule is CCCP(=O)(O)CC(C)(O)C(C)N. The normalized spacial score (nSPS) is 23.2. The van der Waals surface area contributed by atoms with Gasteiger partial charge >= 0.3 is 0 Å². The molecule has 0 aromatic rings. The van der Waals surface area contributed by atoms with E-state index in [9.17, 15) is 14.6 Å². The van der Waals surface area contributed by atoms with Gasteiger partial charge in [0.15, 0.2) is 0 Å². The first-order valence-corrected chi connectivity index (χ1v) is 6.53. The molecule has 0 rings (SSSR count). The highest BCUT2D eigenvalue weighted by atomic mass is 31.2. The predicted molar refractivity (Wildman–Crippen MR) is 54.1 cm³/mol. The van der Waals surface area contributed by atoms with Crippen LogP contribution in [0.25, 0.3) is 0 Å². The Morgan fingerprint density at radius 2 is 2.08 bits per heavy atom. The second-order valence-electron chi connectivity index (χ2n) is 3.87. The van der Waals surface area contributed by atoms with Crippen LogP contribution in [0.15, 0.2) is 0 Å². The highest BCUT2D eigenvalue weighted by Gasteiger charge is 2.33. The fraction of sp³-hybridized carbons (Fsp3) is 1.00. The lowest BCUT2D eigenvalue weighted by molar-refractivity contribution is 0.0592. The third-order valence-electron chi connectivity index (χ3n) is 2.12. The highest BCUT2D eigenvalue weighted by molar-refractivity contribution is 7.58. The summed E-state index contributed by atoms with van der Waals surface area (Å²) in [5.41, 5.74) is 4.24. The van der Waals surface area contributed by atoms with Crippen molar-refractivity contribution in [2.75, 3.05) is 12.3 Å². The van der Waals surface area contributed by atoms with Crippen molar-refractivity contribution in [3.63, 3.8) is 0 Å². The van der Waals surface area contributed by atoms with E-state index in [2.05, 4.69) is 0 Å². The van der Waals surface area contributed by atoms with Gasteiger partial charge in [0.1, 0.15) is 0 Å². The lowest BCUT2D eigenvalue weighted by Crippen LogP contribution is -2.46. The first-order valence-electron chi connectivity index (χ1n) is 4.50. The van der Waals surface area contributed by atoms with Crippen molar-refractivity contribution in [2.45, 2.75) is 38.8 Å². The molecule has 0 aromatic heterocycles. The third kappa shape index (κ3) is 4.77. The van der Waals surface area contributed by atoms with E-state index in [0.29, 0.717) is 6.42 Å². The van der Waals surface area contributed by atoms with Gasteiger partial charge in [-0.25, -0.2) is 0 Å². The molecule has 0 saturated heterocycles. The van der Waals surface area contributed by atoms with Crippen molar-refractivity contribution in [2.24, 2.45) is 5.73 Å². The molecule has 0 amide bonds. The van der Waals surface area contributed by atoms with Gasteiger partial charge in [-0.05, 0) is 20.3 Å². The molecule has 13 heavy (non-hydrogen) atoms. The Bertz CT molecular complexity index is 204. The molecule has 0 fully saturated rings. The maximum atomic E-state index is 11.5. The summed E-state index contributed by atoms with van der Waals surface area (Å²) in [5.74, 6) is 0. The molecule has 0 aliphatic rings. The van der Waals surface area contributed by atoms with E-state index in [4.69, 9.17) is 5.73 Å². The zero-order chi connectivity index (χ0) is 10.7. The molecule has 80 valence electrons. The second kappa shape index (κ2) is 4.56. The second-order valence-corrected chi connectivity index (χ2v) is 6.33. The summed E-state index contributed by atoms with van der Waals surface area (Å²) in [7, 11) is -3.20. The van der Waals surface area contributed by atoms with Crippen LogP contribution in [-0.4, -0.2) is 34.0 Å². The van der Waals surface area contributed by atoms with Crippen molar-refractivity contribution in [1.82, 2.24) is 0 Å². The molecule has 0 aromatic carbocycles. The Morgan fingerprint density at radius 3 is 2.38 bits per heavy atom. The van der Waals surface area contributed by atoms with Gasteiger partial charge in [-0.3, -0.25) is 4.57 Å². The van der Waals surface area contributed by atoms with Crippen LogP contribution in [0.5, 0.6) is 0 Å². The summed E-state index contributed by atoms with van der Waals surface area (Å²) in [4.78, 5) is 9.44. The maximum absolute atomic E-state index is 11.5. The zero-order valence-corrected chi connectivity index (χ0v) is 9.42. The van der Waals surface area contributed by atoms with Crippen molar-refractivity contribution in [3.05, 3.63) is 0 Å². The van der Waals surface area contributed by atoms with E-state index in [1.54, 1.807) is 6.92 Å². The molecule has 0 bridgehead atoms. The largest absolute Gasteiger partial charge is 0.388 e. The van der Waals surface area contributed by atoms with Gasteiger partial charge in [-0.1, -0.05) is 6.92 Å². The molecule has 4 nitrogen and oxygen atoms in total. The van der Waals surface area contributed by atoms with E-state index >= 15 is 0 Å². The summed E-state index contributed by atoms with van der Waals surface area (Å²) in [6.45, 7) is 4.96. The van der Waals surface area contributed by atoms with Crippen LogP contribution in [0, 0.1) is 0 Å². The summed E-state index contributed by atoms with van der Waals surface area (Å²) in [6, 6.07) is -0.496. The third-order valence-corrected chi connectivity index (χ3v) is 4.40. The standard InChI is InChI=1S/C8H20NO3P/c1-4-5-13(11,12)6-8(3,10)7(2)9/h7,10H,4-6,9H2,1-3H3,(H,11,12). The highest BCUT2D eigenvalue weighted by Crippen LogP contribution is 2.44. The molecule has 0 aliphatic heterocycles. The van der Waals surface area contributed by atoms with Gasteiger partial charge in [0.05, 0.1) is 11.8 Å². The van der Waals surface area contributed by atoms with Crippen molar-refractivity contribution >= 4 is 7.37 Å². The van der Waals surface area contributed by atoms with Gasteiger partial charge in [-0.15, -0.1) is 0 Å². The van der Waals surface area contributed by atoms with Crippen LogP contribution in [0.3, 0.4) is 0 Å². The minimum absolute atomic E-state index is 0.120. The molecule has 0 radical (unpaired) electrons. The number of rotatable bonds is 5. The number of aliphatic hydroxyl groups is 1. The average molecular weight is 209 g/mol. The van der Waals surface area contributed by atoms with Crippen LogP contribution in [0.4, 0.5) is 0 Å². The quantitative estimate of drug-likeness (QED) is 0.584. The number of hydrogen-bond donors (Lipinski definition) is 3. The van der Waals surface area contributed by atoms with E-state index in [0.717, 1.165) is 0 Å². The molecule has 3 atom stereocenters. The number of hydrogen-bond acceptors (Lipinski definition) is 3. The van der Waals surface area contributed by atoms with Crippen molar-refractivity contribution in [3.8, 4) is 0 Å². The summed E-state index contributed by atoms with van der Waals surface area (Å²) >= 11 is 0. The lowest BCUT2D eigenvalue weighted by atomic mass is 10.0. The minimum Gasteiger partial charge on any atom is -0.388 e. The molecule has 4 N–H and O–H groups in total. The summed E-state index contributed by atoms with van der Waals surface area (Å²) in [5, 5.41) is 9.70. The molecular formula is C8H20NO3P. The number of nitrogens with two attached hydrogens (primary N) is 1. The molecule has 0 heterocycles. The van der Waals surface area contributed by atoms with E-state index in [1.165, 1.54) is 6.92 Å². The monoisotopic (exact) mass is 209 g/mol. The Balaban J connectivity index is 4.33. The van der Waals surface area contributed by atoms with Gasteiger partial charge in [0, 0.05) is 12.2 Å². The smallest absolute Gasteiger partial charge is 0.203 e. The fourth-order valence-electron chi connectivity index (χ4n) is 1.07. The molecule has 0 aliphatic carbocycles. The summed E-state index contributed by atoms with van der Waals surface area (Å²) in [6.07, 6.45) is 0.768. The Hall–Kier alpha value is 0.110. The van der Waals surface area contributed by atoms with Gasteiger partial charge in [0.25, 0.3) is 0 Å². The van der Waals surface area contributed by atoms with Gasteiger partial charge in [-0.2, -0.15) is 0 Å². The molecular weight excluding hydrogens is 189 g/mol. The Labute approximate surface area is 79.6 Å². The molecule has 5 heteroatoms. The molecule has 0 spiro atoms. The van der Waals surface area contributed by atoms with Crippen LogP contribution < -0.4 is 5.73 Å². The first-order chi connectivity index (χ1) is 5.71. The Morgan fingerprint density at radius 1 is 1.62 bits per heavy atom. The van der Waals surface area contributed by atoms with Crippen molar-refractivity contribution < 1.29 is 14.6 Å². The zero-order valence-electron chi connectivity index (χ0n) is 8.53. The van der Waals surface area contributed by atoms with Crippen LogP contribution in [0.2, 0.25) is 0 Å². The lowest BCUT2D eigenvalue weighted by Gasteiger charge is -2.29. The first kappa shape index (κ1) is 13.1. The topological polar surface area (TPSA) is 83.5 Å².